The summed E-state index contributed by atoms with van der Waals surface area (Å²) in [7, 11) is 1.64. The molecule has 0 unspecified atom stereocenters. The largest absolute Gasteiger partial charge is 0.497 e. The number of hydrogen-bond donors (Lipinski definition) is 1. The van der Waals surface area contributed by atoms with Crippen molar-refractivity contribution in [2.75, 3.05) is 12.4 Å². The van der Waals surface area contributed by atoms with E-state index in [1.54, 1.807) is 18.4 Å². The fourth-order valence-corrected chi connectivity index (χ4v) is 3.40. The van der Waals surface area contributed by atoms with Gasteiger partial charge in [0.15, 0.2) is 0 Å². The van der Waals surface area contributed by atoms with Gasteiger partial charge in [0, 0.05) is 16.1 Å². The summed E-state index contributed by atoms with van der Waals surface area (Å²) in [5.41, 5.74) is 2.69. The van der Waals surface area contributed by atoms with Gasteiger partial charge in [0.25, 0.3) is 0 Å². The fourth-order valence-electron chi connectivity index (χ4n) is 2.34. The highest BCUT2D eigenvalue weighted by Gasteiger charge is 2.13. The number of para-hydroxylation sites is 1. The van der Waals surface area contributed by atoms with E-state index >= 15 is 0 Å². The van der Waals surface area contributed by atoms with Crippen LogP contribution in [0.3, 0.4) is 0 Å². The highest BCUT2D eigenvalue weighted by atomic mass is 32.1. The number of amides is 1. The molecule has 0 aliphatic heterocycles. The third kappa shape index (κ3) is 3.81. The van der Waals surface area contributed by atoms with Crippen LogP contribution in [0.5, 0.6) is 5.75 Å². The summed E-state index contributed by atoms with van der Waals surface area (Å²) < 4.78 is 5.26. The van der Waals surface area contributed by atoms with Crippen molar-refractivity contribution in [1.29, 1.82) is 0 Å². The first-order chi connectivity index (χ1) is 11.7. The van der Waals surface area contributed by atoms with Crippen LogP contribution in [-0.2, 0) is 11.2 Å². The van der Waals surface area contributed by atoms with Gasteiger partial charge >= 0.3 is 0 Å². The monoisotopic (exact) mass is 338 g/mol. The zero-order chi connectivity index (χ0) is 16.9. The Morgan fingerprint density at radius 1 is 1.17 bits per heavy atom. The molecule has 3 rings (SSSR count). The Morgan fingerprint density at radius 3 is 2.71 bits per heavy atom. The van der Waals surface area contributed by atoms with Gasteiger partial charge in [-0.05, 0) is 31.2 Å². The van der Waals surface area contributed by atoms with Crippen LogP contribution in [0.2, 0.25) is 0 Å². The summed E-state index contributed by atoms with van der Waals surface area (Å²) in [4.78, 5) is 17.8. The molecule has 0 radical (unpaired) electrons. The van der Waals surface area contributed by atoms with Crippen LogP contribution in [-0.4, -0.2) is 18.0 Å². The van der Waals surface area contributed by atoms with Crippen molar-refractivity contribution in [3.8, 4) is 16.3 Å². The molecule has 0 saturated carbocycles. The van der Waals surface area contributed by atoms with Crippen molar-refractivity contribution in [2.24, 2.45) is 0 Å². The molecule has 1 aromatic heterocycles. The second-order valence-corrected chi connectivity index (χ2v) is 6.43. The van der Waals surface area contributed by atoms with Crippen molar-refractivity contribution >= 4 is 22.9 Å². The van der Waals surface area contributed by atoms with Crippen molar-refractivity contribution in [2.45, 2.75) is 13.3 Å². The number of aryl methyl sites for hydroxylation is 1. The van der Waals surface area contributed by atoms with E-state index in [1.807, 2.05) is 61.5 Å². The summed E-state index contributed by atoms with van der Waals surface area (Å²) in [6.45, 7) is 1.94. The molecule has 0 bridgehead atoms. The highest BCUT2D eigenvalue weighted by Crippen LogP contribution is 2.30. The number of methoxy groups -OCH3 is 1. The third-order valence-corrected chi connectivity index (χ3v) is 4.79. The smallest absolute Gasteiger partial charge is 0.229 e. The Hall–Kier alpha value is -2.66. The van der Waals surface area contributed by atoms with Gasteiger partial charge < -0.3 is 10.1 Å². The first kappa shape index (κ1) is 16.2. The minimum Gasteiger partial charge on any atom is -0.497 e. The van der Waals surface area contributed by atoms with Gasteiger partial charge in [-0.3, -0.25) is 4.79 Å². The standard InChI is InChI=1S/C19H18N2O2S/c1-13-17(12-18(22)21-15-8-4-3-5-9-15)24-19(20-13)14-7-6-10-16(11-14)23-2/h3-11H,12H2,1-2H3,(H,21,22). The Bertz CT molecular complexity index is 844. The lowest BCUT2D eigenvalue weighted by Gasteiger charge is -2.03. The zero-order valence-electron chi connectivity index (χ0n) is 13.6. The highest BCUT2D eigenvalue weighted by molar-refractivity contribution is 7.15. The van der Waals surface area contributed by atoms with E-state index in [0.29, 0.717) is 6.42 Å². The topological polar surface area (TPSA) is 51.2 Å². The third-order valence-electron chi connectivity index (χ3n) is 3.59. The average molecular weight is 338 g/mol. The second kappa shape index (κ2) is 7.27. The van der Waals surface area contributed by atoms with Crippen LogP contribution >= 0.6 is 11.3 Å². The molecule has 0 atom stereocenters. The number of aromatic nitrogens is 1. The van der Waals surface area contributed by atoms with Gasteiger partial charge in [-0.15, -0.1) is 11.3 Å². The Morgan fingerprint density at radius 2 is 1.96 bits per heavy atom. The van der Waals surface area contributed by atoms with Gasteiger partial charge in [0.2, 0.25) is 5.91 Å². The normalized spacial score (nSPS) is 10.4. The van der Waals surface area contributed by atoms with Crippen molar-refractivity contribution in [1.82, 2.24) is 4.98 Å². The van der Waals surface area contributed by atoms with Crippen LogP contribution in [0.1, 0.15) is 10.6 Å². The van der Waals surface area contributed by atoms with Gasteiger partial charge in [-0.25, -0.2) is 4.98 Å². The van der Waals surface area contributed by atoms with Crippen LogP contribution in [0.15, 0.2) is 54.6 Å². The first-order valence-electron chi connectivity index (χ1n) is 7.61. The molecule has 0 aliphatic carbocycles. The van der Waals surface area contributed by atoms with E-state index in [9.17, 15) is 4.79 Å². The summed E-state index contributed by atoms with van der Waals surface area (Å²) in [5.74, 6) is 0.758. The maximum Gasteiger partial charge on any atom is 0.229 e. The zero-order valence-corrected chi connectivity index (χ0v) is 14.4. The summed E-state index contributed by atoms with van der Waals surface area (Å²) in [6, 6.07) is 17.2. The average Bonchev–Trinajstić information content (AvgIpc) is 2.96. The van der Waals surface area contributed by atoms with Crippen molar-refractivity contribution in [3.63, 3.8) is 0 Å². The molecule has 1 amide bonds. The number of nitrogens with zero attached hydrogens (tertiary/aromatic N) is 1. The Labute approximate surface area is 145 Å². The van der Waals surface area contributed by atoms with E-state index in [1.165, 1.54) is 0 Å². The van der Waals surface area contributed by atoms with Crippen LogP contribution in [0, 0.1) is 6.92 Å². The molecule has 1 heterocycles. The lowest BCUT2D eigenvalue weighted by molar-refractivity contribution is -0.115. The number of rotatable bonds is 5. The predicted molar refractivity (Wildman–Crippen MR) is 97.6 cm³/mol. The molecule has 24 heavy (non-hydrogen) atoms. The first-order valence-corrected chi connectivity index (χ1v) is 8.43. The van der Waals surface area contributed by atoms with Gasteiger partial charge in [-0.1, -0.05) is 30.3 Å². The van der Waals surface area contributed by atoms with Crippen LogP contribution < -0.4 is 10.1 Å². The van der Waals surface area contributed by atoms with Gasteiger partial charge in [-0.2, -0.15) is 0 Å². The molecule has 0 spiro atoms. The van der Waals surface area contributed by atoms with E-state index < -0.39 is 0 Å². The number of carbonyl (C=O) groups excluding carboxylic acids is 1. The number of hydrogen-bond acceptors (Lipinski definition) is 4. The molecule has 0 saturated heterocycles. The van der Waals surface area contributed by atoms with E-state index in [4.69, 9.17) is 4.74 Å². The molecule has 122 valence electrons. The van der Waals surface area contributed by atoms with Gasteiger partial charge in [0.1, 0.15) is 10.8 Å². The maximum atomic E-state index is 12.2. The molecule has 2 aromatic carbocycles. The molecule has 3 aromatic rings. The van der Waals surface area contributed by atoms with Crippen molar-refractivity contribution in [3.05, 3.63) is 65.2 Å². The molecule has 1 N–H and O–H groups in total. The van der Waals surface area contributed by atoms with Crippen LogP contribution in [0.25, 0.3) is 10.6 Å². The SMILES string of the molecule is COc1cccc(-c2nc(C)c(CC(=O)Nc3ccccc3)s2)c1. The van der Waals surface area contributed by atoms with Crippen LogP contribution in [0.4, 0.5) is 5.69 Å². The summed E-state index contributed by atoms with van der Waals surface area (Å²) in [5, 5.41) is 3.80. The van der Waals surface area contributed by atoms with Gasteiger partial charge in [0.05, 0.1) is 19.2 Å². The number of benzene rings is 2. The molecule has 4 nitrogen and oxygen atoms in total. The number of carbonyl (C=O) groups is 1. The number of ether oxygens (including phenoxy) is 1. The Kier molecular flexibility index (Phi) is 4.91. The minimum absolute atomic E-state index is 0.0369. The molecular formula is C19H18N2O2S. The van der Waals surface area contributed by atoms with E-state index in [2.05, 4.69) is 10.3 Å². The lowest BCUT2D eigenvalue weighted by atomic mass is 10.2. The van der Waals surface area contributed by atoms with Crippen molar-refractivity contribution < 1.29 is 9.53 Å². The van der Waals surface area contributed by atoms with E-state index in [-0.39, 0.29) is 5.91 Å². The lowest BCUT2D eigenvalue weighted by Crippen LogP contribution is -2.14. The number of nitrogens with one attached hydrogen (secondary N) is 1. The fraction of sp³-hybridized carbons (Fsp3) is 0.158. The number of anilines is 1. The quantitative estimate of drug-likeness (QED) is 0.754. The second-order valence-electron chi connectivity index (χ2n) is 5.35. The molecular weight excluding hydrogens is 320 g/mol. The minimum atomic E-state index is -0.0369. The summed E-state index contributed by atoms with van der Waals surface area (Å²) in [6.07, 6.45) is 0.322. The Balaban J connectivity index is 1.75. The number of thiazole rings is 1. The molecule has 5 heteroatoms. The maximum absolute atomic E-state index is 12.2. The molecule has 0 fully saturated rings. The predicted octanol–water partition coefficient (Wildman–Crippen LogP) is 4.31. The molecule has 0 aliphatic rings. The van der Waals surface area contributed by atoms with E-state index in [0.717, 1.165) is 32.6 Å². The summed E-state index contributed by atoms with van der Waals surface area (Å²) >= 11 is 1.54.